The molecule has 0 fully saturated rings. The molecule has 0 amide bonds. The summed E-state index contributed by atoms with van der Waals surface area (Å²) in [6, 6.07) is 0. The number of hydrogen-bond donors (Lipinski definition) is 1. The van der Waals surface area contributed by atoms with E-state index in [1.54, 1.807) is 0 Å². The summed E-state index contributed by atoms with van der Waals surface area (Å²) in [6.45, 7) is 4.03. The van der Waals surface area contributed by atoms with E-state index in [4.69, 9.17) is 5.21 Å². The molecule has 0 saturated carbocycles. The van der Waals surface area contributed by atoms with Crippen LogP contribution in [0.3, 0.4) is 0 Å². The van der Waals surface area contributed by atoms with Crippen LogP contribution in [0.1, 0.15) is 0 Å². The molecule has 0 atom stereocenters. The minimum atomic E-state index is 0. The van der Waals surface area contributed by atoms with Crippen molar-refractivity contribution in [3.8, 4) is 0 Å². The Morgan fingerprint density at radius 1 is 1.75 bits per heavy atom. The van der Waals surface area contributed by atoms with Crippen molar-refractivity contribution in [1.29, 1.82) is 0 Å². The zero-order valence-electron chi connectivity index (χ0n) is 1.92. The molecule has 0 aromatic rings. The molecule has 0 aliphatic carbocycles. The fraction of sp³-hybridized carbons (Fsp3) is 0. The van der Waals surface area contributed by atoms with E-state index in [9.17, 15) is 0 Å². The van der Waals surface area contributed by atoms with E-state index in [1.165, 1.54) is 0 Å². The molecular weight excluding hydrogens is 93.0 g/mol. The summed E-state index contributed by atoms with van der Waals surface area (Å²) in [5.41, 5.74) is 0. The van der Waals surface area contributed by atoms with Crippen LogP contribution >= 0.6 is 0 Å². The molecule has 2 nitrogen and oxygen atoms in total. The predicted molar refractivity (Wildman–Crippen MR) is 10.3 cm³/mol. The topological polar surface area (TPSA) is 32.6 Å². The first-order chi connectivity index (χ1) is 1.41. The molecule has 1 N–H and O–H groups in total. The molecule has 0 rings (SSSR count). The van der Waals surface area contributed by atoms with Gasteiger partial charge in [0.15, 0.2) is 0 Å². The van der Waals surface area contributed by atoms with Gasteiger partial charge >= 0.3 is 0 Å². The minimum Gasteiger partial charge on any atom is -0.448 e. The van der Waals surface area contributed by atoms with Crippen LogP contribution in [0.25, 0.3) is 0 Å². The van der Waals surface area contributed by atoms with Gasteiger partial charge in [-0.3, -0.25) is 0 Å². The van der Waals surface area contributed by atoms with Gasteiger partial charge in [-0.15, -0.1) is 0 Å². The van der Waals surface area contributed by atoms with Crippen LogP contribution in [-0.4, -0.2) is 11.9 Å². The summed E-state index contributed by atoms with van der Waals surface area (Å²) in [5, 5.41) is 8.97. The van der Waals surface area contributed by atoms with Crippen molar-refractivity contribution in [3.63, 3.8) is 0 Å². The molecule has 0 aliphatic heterocycles. The molecule has 0 saturated heterocycles. The van der Waals surface area contributed by atoms with E-state index in [2.05, 4.69) is 6.72 Å². The maximum Gasteiger partial charge on any atom is 0 e. The van der Waals surface area contributed by atoms with E-state index in [1.807, 2.05) is 5.16 Å². The Kier molecular flexibility index (Phi) is 26.0. The normalized spacial score (nSPS) is 3.00. The van der Waals surface area contributed by atoms with Crippen molar-refractivity contribution < 1.29 is 23.8 Å². The van der Waals surface area contributed by atoms with Crippen molar-refractivity contribution in [2.24, 2.45) is 5.16 Å². The fourth-order valence-electron chi connectivity index (χ4n) is 0. The van der Waals surface area contributed by atoms with Gasteiger partial charge in [0.1, 0.15) is 0 Å². The Morgan fingerprint density at radius 2 is 1.75 bits per heavy atom. The third kappa shape index (κ3) is 771. The predicted octanol–water partition coefficient (Wildman–Crippen LogP) is -0.0493. The smallest absolute Gasteiger partial charge is 0 e. The Balaban J connectivity index is 0. The van der Waals surface area contributed by atoms with Gasteiger partial charge in [0.2, 0.25) is 0 Å². The summed E-state index contributed by atoms with van der Waals surface area (Å²) in [7, 11) is 0. The van der Waals surface area contributed by atoms with Crippen LogP contribution in [0.2, 0.25) is 0 Å². The van der Waals surface area contributed by atoms with Crippen molar-refractivity contribution in [1.82, 2.24) is 0 Å². The van der Waals surface area contributed by atoms with Crippen LogP contribution in [-0.2, 0) is 18.6 Å². The first-order valence-electron chi connectivity index (χ1n) is 0.458. The summed E-state index contributed by atoms with van der Waals surface area (Å²) in [4.78, 5) is 0. The molecule has 0 aromatic heterocycles. The van der Waals surface area contributed by atoms with E-state index >= 15 is 0 Å². The van der Waals surface area contributed by atoms with Gasteiger partial charge in [0.25, 0.3) is 0 Å². The van der Waals surface area contributed by atoms with Crippen molar-refractivity contribution in [2.45, 2.75) is 0 Å². The number of rotatable bonds is 0. The average molecular weight is 95.0 g/mol. The quantitative estimate of drug-likeness (QED) is 0.194. The summed E-state index contributed by atoms with van der Waals surface area (Å²) < 4.78 is 0. The van der Waals surface area contributed by atoms with Gasteiger partial charge < -0.3 is 17.1 Å². The molecule has 3 heteroatoms. The first kappa shape index (κ1) is 8.96. The number of hydrogen-bond acceptors (Lipinski definition) is 2. The zero-order valence-corrected chi connectivity index (χ0v) is 3.32. The Hall–Kier alpha value is 0.0544. The molecule has 0 spiro atoms. The molecule has 1 radical (unpaired) electrons. The molecule has 0 aliphatic rings. The van der Waals surface area contributed by atoms with Gasteiger partial charge in [-0.2, -0.15) is 0 Å². The van der Waals surface area contributed by atoms with Gasteiger partial charge in [0, 0.05) is 18.6 Å². The van der Waals surface area contributed by atoms with Gasteiger partial charge in [0.05, 0.1) is 0 Å². The second-order valence-electron chi connectivity index (χ2n) is 0.115. The molecule has 0 unspecified atom stereocenters. The largest absolute Gasteiger partial charge is 0.448 e. The van der Waals surface area contributed by atoms with E-state index in [0.29, 0.717) is 0 Å². The first-order valence-corrected chi connectivity index (χ1v) is 0.458. The Morgan fingerprint density at radius 3 is 1.75 bits per heavy atom. The van der Waals surface area contributed by atoms with E-state index in [0.717, 1.165) is 0 Å². The molecule has 0 bridgehead atoms. The third-order valence-electron chi connectivity index (χ3n) is 0. The third-order valence-corrected chi connectivity index (χ3v) is 0. The van der Waals surface area contributed by atoms with Gasteiger partial charge in [-0.1, -0.05) is 0 Å². The Labute approximate surface area is 36.4 Å². The Bertz CT molecular complexity index is 15.5. The van der Waals surface area contributed by atoms with Crippen molar-refractivity contribution >= 4 is 6.72 Å². The van der Waals surface area contributed by atoms with Crippen LogP contribution in [0.15, 0.2) is 5.16 Å². The molecule has 0 aromatic carbocycles. The zero-order chi connectivity index (χ0) is 2.71. The average Bonchev–Trinajstić information content (AvgIpc) is 0.918. The van der Waals surface area contributed by atoms with Crippen LogP contribution in [0.4, 0.5) is 0 Å². The molecule has 4 heavy (non-hydrogen) atoms. The summed E-state index contributed by atoms with van der Waals surface area (Å²) in [6.07, 6.45) is 0. The molecule has 23 valence electrons. The van der Waals surface area contributed by atoms with Gasteiger partial charge in [-0.05, 0) is 0 Å². The maximum absolute atomic E-state index is 6.97. The standard InChI is InChI=1S/CH2NO.V/c1-2-3;/h1,3H;/q-1;. The SMILES string of the molecule is [CH-]=NO.[V]. The monoisotopic (exact) mass is 95.0 g/mol. The fourth-order valence-corrected chi connectivity index (χ4v) is 0. The van der Waals surface area contributed by atoms with Crippen molar-refractivity contribution in [2.75, 3.05) is 0 Å². The van der Waals surface area contributed by atoms with Crippen LogP contribution in [0.5, 0.6) is 0 Å². The minimum absolute atomic E-state index is 0. The van der Waals surface area contributed by atoms with E-state index in [-0.39, 0.29) is 18.6 Å². The molecular formula is CH2NOV-. The second-order valence-corrected chi connectivity index (χ2v) is 0.115. The van der Waals surface area contributed by atoms with Crippen LogP contribution in [0, 0.1) is 0 Å². The summed E-state index contributed by atoms with van der Waals surface area (Å²) >= 11 is 0. The number of nitrogens with zero attached hydrogens (tertiary/aromatic N) is 1. The van der Waals surface area contributed by atoms with Crippen molar-refractivity contribution in [3.05, 3.63) is 0 Å². The van der Waals surface area contributed by atoms with E-state index < -0.39 is 0 Å². The molecule has 0 heterocycles. The van der Waals surface area contributed by atoms with Crippen LogP contribution < -0.4 is 0 Å². The van der Waals surface area contributed by atoms with Gasteiger partial charge in [-0.25, -0.2) is 0 Å². The second kappa shape index (κ2) is 11.6. The maximum atomic E-state index is 6.97. The summed E-state index contributed by atoms with van der Waals surface area (Å²) in [5.74, 6) is 0.